The van der Waals surface area contributed by atoms with Gasteiger partial charge in [0.2, 0.25) is 5.91 Å². The molecule has 1 saturated heterocycles. The van der Waals surface area contributed by atoms with E-state index in [2.05, 4.69) is 31.3 Å². The monoisotopic (exact) mass is 1270 g/mol. The lowest BCUT2D eigenvalue weighted by molar-refractivity contribution is -0.302. The van der Waals surface area contributed by atoms with Gasteiger partial charge >= 0.3 is 0 Å². The minimum absolute atomic E-state index is 0.131. The van der Waals surface area contributed by atoms with E-state index in [0.717, 1.165) is 38.5 Å². The maximum Gasteiger partial charge on any atom is 0.220 e. The fraction of sp³-hybridized carbons (Fsp3) is 0.963. The SMILES string of the molecule is CCCCCCCCCC/C=C\CCCCCCCCCCCCCCCCCCCCCCCCCCCCCC(=O)NC(COC1OC(CO)C(O)C(O)C1O)C(O)CCCCCCCCCCCCCCCCCCCCCCCCCCCCCC. The molecule has 1 heterocycles. The molecule has 1 aliphatic rings. The van der Waals surface area contributed by atoms with Crippen LogP contribution in [0.5, 0.6) is 0 Å². The third-order valence-corrected chi connectivity index (χ3v) is 20.1. The van der Waals surface area contributed by atoms with E-state index in [0.29, 0.717) is 12.8 Å². The van der Waals surface area contributed by atoms with Crippen molar-refractivity contribution < 1.29 is 39.8 Å². The second kappa shape index (κ2) is 70.7. The standard InChI is InChI=1S/C81H159NO8/c1-3-5-7-9-11-13-15-17-19-21-23-25-27-29-31-33-34-35-36-37-38-39-40-41-42-43-45-47-49-51-53-55-57-59-61-63-65-67-69-71-77(85)82-74(73-89-81-80(88)79(87)78(86)76(72-83)90-81)75(84)70-68-66-64-62-60-58-56-54-52-50-48-46-44-32-30-28-26-24-22-20-18-16-14-12-10-8-6-4-2/h21,23,74-76,78-81,83-84,86-88H,3-20,22,24-73H2,1-2H3,(H,82,85)/b23-21-. The highest BCUT2D eigenvalue weighted by Gasteiger charge is 2.44. The molecule has 90 heavy (non-hydrogen) atoms. The van der Waals surface area contributed by atoms with Crippen LogP contribution >= 0.6 is 0 Å². The fourth-order valence-electron chi connectivity index (χ4n) is 13.8. The second-order valence-electron chi connectivity index (χ2n) is 28.9. The maximum absolute atomic E-state index is 13.2. The molecule has 0 radical (unpaired) electrons. The number of nitrogens with one attached hydrogen (secondary N) is 1. The zero-order valence-corrected chi connectivity index (χ0v) is 60.4. The van der Waals surface area contributed by atoms with Gasteiger partial charge < -0.3 is 40.3 Å². The summed E-state index contributed by atoms with van der Waals surface area (Å²) < 4.78 is 11.4. The number of aliphatic hydroxyl groups is 5. The molecule has 1 aliphatic heterocycles. The molecule has 9 heteroatoms. The van der Waals surface area contributed by atoms with Crippen LogP contribution in [0.25, 0.3) is 0 Å². The summed E-state index contributed by atoms with van der Waals surface area (Å²) in [7, 11) is 0. The zero-order valence-electron chi connectivity index (χ0n) is 60.4. The lowest BCUT2D eigenvalue weighted by Crippen LogP contribution is -2.60. The highest BCUT2D eigenvalue weighted by atomic mass is 16.7. The van der Waals surface area contributed by atoms with Crippen molar-refractivity contribution in [1.82, 2.24) is 5.32 Å². The molecule has 0 aromatic heterocycles. The van der Waals surface area contributed by atoms with Crippen molar-refractivity contribution in [3.63, 3.8) is 0 Å². The number of hydrogen-bond donors (Lipinski definition) is 6. The van der Waals surface area contributed by atoms with Gasteiger partial charge in [0.25, 0.3) is 0 Å². The minimum Gasteiger partial charge on any atom is -0.394 e. The summed E-state index contributed by atoms with van der Waals surface area (Å²) in [5.74, 6) is -0.132. The summed E-state index contributed by atoms with van der Waals surface area (Å²) in [4.78, 5) is 13.2. The van der Waals surface area contributed by atoms with Gasteiger partial charge in [-0.3, -0.25) is 4.79 Å². The first-order chi connectivity index (χ1) is 44.3. The Labute approximate surface area is 560 Å². The van der Waals surface area contributed by atoms with Crippen molar-refractivity contribution in [3.8, 4) is 0 Å². The normalized spacial score (nSPS) is 17.7. The van der Waals surface area contributed by atoms with Crippen LogP contribution in [0.4, 0.5) is 0 Å². The van der Waals surface area contributed by atoms with Gasteiger partial charge in [-0.15, -0.1) is 0 Å². The van der Waals surface area contributed by atoms with Crippen molar-refractivity contribution in [2.24, 2.45) is 0 Å². The molecule has 1 rings (SSSR count). The predicted molar refractivity (Wildman–Crippen MR) is 387 cm³/mol. The molecule has 1 fully saturated rings. The lowest BCUT2D eigenvalue weighted by Gasteiger charge is -2.40. The van der Waals surface area contributed by atoms with Crippen LogP contribution in [0.15, 0.2) is 12.2 Å². The van der Waals surface area contributed by atoms with E-state index in [1.165, 1.54) is 379 Å². The van der Waals surface area contributed by atoms with E-state index in [1.807, 2.05) is 0 Å². The molecule has 6 N–H and O–H groups in total. The Balaban J connectivity index is 2.02. The number of amides is 1. The molecule has 0 aromatic rings. The molecule has 1 amide bonds. The average Bonchev–Trinajstić information content (AvgIpc) is 2.75. The fourth-order valence-corrected chi connectivity index (χ4v) is 13.8. The molecule has 0 aliphatic carbocycles. The molecule has 536 valence electrons. The van der Waals surface area contributed by atoms with Crippen LogP contribution in [0, 0.1) is 0 Å². The van der Waals surface area contributed by atoms with Gasteiger partial charge in [0.05, 0.1) is 25.4 Å². The topological polar surface area (TPSA) is 149 Å². The lowest BCUT2D eigenvalue weighted by atomic mass is 9.99. The summed E-state index contributed by atoms with van der Waals surface area (Å²) in [6.45, 7) is 3.91. The van der Waals surface area contributed by atoms with E-state index < -0.39 is 49.5 Å². The van der Waals surface area contributed by atoms with Crippen molar-refractivity contribution in [1.29, 1.82) is 0 Å². The molecule has 0 saturated carbocycles. The van der Waals surface area contributed by atoms with Gasteiger partial charge in [-0.25, -0.2) is 0 Å². The van der Waals surface area contributed by atoms with Crippen molar-refractivity contribution >= 4 is 5.91 Å². The molecular formula is C81H159NO8. The van der Waals surface area contributed by atoms with Crippen LogP contribution in [0.1, 0.15) is 444 Å². The molecule has 7 atom stereocenters. The first kappa shape index (κ1) is 86.9. The maximum atomic E-state index is 13.2. The summed E-state index contributed by atoms with van der Waals surface area (Å²) in [6, 6.07) is -0.717. The highest BCUT2D eigenvalue weighted by Crippen LogP contribution is 2.25. The van der Waals surface area contributed by atoms with Gasteiger partial charge in [-0.05, 0) is 38.5 Å². The van der Waals surface area contributed by atoms with E-state index in [4.69, 9.17) is 9.47 Å². The first-order valence-corrected chi connectivity index (χ1v) is 40.9. The van der Waals surface area contributed by atoms with Crippen LogP contribution in [-0.4, -0.2) is 87.5 Å². The number of ether oxygens (including phenoxy) is 2. The Morgan fingerprint density at radius 2 is 0.622 bits per heavy atom. The molecular weight excluding hydrogens is 1110 g/mol. The number of allylic oxidation sites excluding steroid dienone is 2. The highest BCUT2D eigenvalue weighted by molar-refractivity contribution is 5.76. The molecule has 0 aromatic carbocycles. The number of carbonyl (C=O) groups is 1. The second-order valence-corrected chi connectivity index (χ2v) is 28.9. The Hall–Kier alpha value is -1.07. The molecule has 0 bridgehead atoms. The van der Waals surface area contributed by atoms with Crippen LogP contribution < -0.4 is 5.32 Å². The van der Waals surface area contributed by atoms with Crippen LogP contribution in [-0.2, 0) is 14.3 Å². The van der Waals surface area contributed by atoms with Gasteiger partial charge in [-0.2, -0.15) is 0 Å². The summed E-state index contributed by atoms with van der Waals surface area (Å²) in [6.07, 6.45) is 86.2. The number of hydrogen-bond acceptors (Lipinski definition) is 8. The van der Waals surface area contributed by atoms with Crippen LogP contribution in [0.3, 0.4) is 0 Å². The third-order valence-electron chi connectivity index (χ3n) is 20.1. The number of aliphatic hydroxyl groups excluding tert-OH is 5. The third kappa shape index (κ3) is 58.3. The summed E-state index contributed by atoms with van der Waals surface area (Å²) in [5, 5.41) is 55.1. The van der Waals surface area contributed by atoms with E-state index in [9.17, 15) is 30.3 Å². The Bertz CT molecular complexity index is 1430. The van der Waals surface area contributed by atoms with Gasteiger partial charge in [0, 0.05) is 6.42 Å². The molecule has 7 unspecified atom stereocenters. The minimum atomic E-state index is -1.55. The zero-order chi connectivity index (χ0) is 64.9. The summed E-state index contributed by atoms with van der Waals surface area (Å²) in [5.41, 5.74) is 0. The van der Waals surface area contributed by atoms with E-state index in [-0.39, 0.29) is 12.5 Å². The predicted octanol–water partition coefficient (Wildman–Crippen LogP) is 23.4. The van der Waals surface area contributed by atoms with Crippen molar-refractivity contribution in [2.45, 2.75) is 487 Å². The van der Waals surface area contributed by atoms with Gasteiger partial charge in [0.1, 0.15) is 24.4 Å². The van der Waals surface area contributed by atoms with Crippen LogP contribution in [0.2, 0.25) is 0 Å². The Morgan fingerprint density at radius 3 is 0.900 bits per heavy atom. The number of unbranched alkanes of at least 4 members (excludes halogenated alkanes) is 62. The average molecular weight is 1280 g/mol. The largest absolute Gasteiger partial charge is 0.394 e. The van der Waals surface area contributed by atoms with Gasteiger partial charge in [0.15, 0.2) is 6.29 Å². The first-order valence-electron chi connectivity index (χ1n) is 40.9. The Morgan fingerprint density at radius 1 is 0.367 bits per heavy atom. The Kier molecular flexibility index (Phi) is 68.3. The van der Waals surface area contributed by atoms with Crippen molar-refractivity contribution in [2.75, 3.05) is 13.2 Å². The quantitative estimate of drug-likeness (QED) is 0.0261. The molecule has 0 spiro atoms. The number of carbonyl (C=O) groups excluding carboxylic acids is 1. The van der Waals surface area contributed by atoms with E-state index >= 15 is 0 Å². The van der Waals surface area contributed by atoms with Gasteiger partial charge in [-0.1, -0.05) is 411 Å². The summed E-state index contributed by atoms with van der Waals surface area (Å²) >= 11 is 0. The number of rotatable bonds is 74. The van der Waals surface area contributed by atoms with Crippen molar-refractivity contribution in [3.05, 3.63) is 12.2 Å². The van der Waals surface area contributed by atoms with E-state index in [1.54, 1.807) is 0 Å². The smallest absolute Gasteiger partial charge is 0.220 e. The molecule has 9 nitrogen and oxygen atoms in total.